The normalized spacial score (nSPS) is 10.6. The lowest BCUT2D eigenvalue weighted by Crippen LogP contribution is -2.20. The van der Waals surface area contributed by atoms with Crippen LogP contribution in [0.2, 0.25) is 0 Å². The highest BCUT2D eigenvalue weighted by Crippen LogP contribution is 2.28. The van der Waals surface area contributed by atoms with Gasteiger partial charge in [0, 0.05) is 35.2 Å². The Balaban J connectivity index is 2.05. The minimum Gasteiger partial charge on any atom is -0.358 e. The Morgan fingerprint density at radius 1 is 1.25 bits per heavy atom. The maximum Gasteiger partial charge on any atom is 0.230 e. The minimum atomic E-state index is -0.0618. The molecule has 3 rings (SSSR count). The van der Waals surface area contributed by atoms with E-state index in [4.69, 9.17) is 0 Å². The largest absolute Gasteiger partial charge is 0.358 e. The van der Waals surface area contributed by atoms with E-state index >= 15 is 0 Å². The van der Waals surface area contributed by atoms with Crippen LogP contribution in [0.5, 0.6) is 0 Å². The van der Waals surface area contributed by atoms with Gasteiger partial charge in [0.1, 0.15) is 0 Å². The number of rotatable bonds is 5. The summed E-state index contributed by atoms with van der Waals surface area (Å²) in [5.41, 5.74) is 1.78. The molecular weight excluding hydrogens is 390 g/mol. The van der Waals surface area contributed by atoms with Gasteiger partial charge >= 0.3 is 0 Å². The number of benzene rings is 1. The van der Waals surface area contributed by atoms with Crippen LogP contribution in [0.15, 0.2) is 58.4 Å². The first-order valence-electron chi connectivity index (χ1n) is 7.14. The van der Waals surface area contributed by atoms with E-state index in [0.717, 1.165) is 15.7 Å². The monoisotopic (exact) mass is 403 g/mol. The molecule has 0 atom stereocenters. The molecule has 0 radical (unpaired) electrons. The molecule has 1 amide bonds. The first kappa shape index (κ1) is 16.7. The number of hydrogen-bond donors (Lipinski definition) is 1. The standard InChI is InChI=1S/C16H14BrN5OS/c1-18-14(23)10-24-16-21-20-15(11-3-2-8-19-9-11)22(16)13-6-4-12(17)5-7-13/h2-9H,10H2,1H3,(H,18,23). The highest BCUT2D eigenvalue weighted by atomic mass is 79.9. The molecule has 0 spiro atoms. The molecule has 3 aromatic rings. The molecule has 8 heteroatoms. The van der Waals surface area contributed by atoms with Gasteiger partial charge in [-0.2, -0.15) is 0 Å². The van der Waals surface area contributed by atoms with Gasteiger partial charge in [0.25, 0.3) is 0 Å². The number of amides is 1. The van der Waals surface area contributed by atoms with Gasteiger partial charge in [-0.05, 0) is 36.4 Å². The highest BCUT2D eigenvalue weighted by Gasteiger charge is 2.17. The fourth-order valence-corrected chi connectivity index (χ4v) is 3.16. The topological polar surface area (TPSA) is 72.7 Å². The Labute approximate surface area is 151 Å². The number of nitrogens with zero attached hydrogens (tertiary/aromatic N) is 4. The number of aromatic nitrogens is 4. The third kappa shape index (κ3) is 3.65. The quantitative estimate of drug-likeness (QED) is 0.662. The molecule has 0 aliphatic rings. The zero-order valence-corrected chi connectivity index (χ0v) is 15.2. The van der Waals surface area contributed by atoms with Crippen LogP contribution in [0.3, 0.4) is 0 Å². The van der Waals surface area contributed by atoms with Crippen LogP contribution in [0.25, 0.3) is 17.1 Å². The second-order valence-electron chi connectivity index (χ2n) is 4.82. The SMILES string of the molecule is CNC(=O)CSc1nnc(-c2cccnc2)n1-c1ccc(Br)cc1. The number of halogens is 1. The molecule has 0 fully saturated rings. The van der Waals surface area contributed by atoms with Crippen molar-refractivity contribution >= 4 is 33.6 Å². The molecule has 24 heavy (non-hydrogen) atoms. The summed E-state index contributed by atoms with van der Waals surface area (Å²) in [5.74, 6) is 0.899. The van der Waals surface area contributed by atoms with Gasteiger partial charge in [0.15, 0.2) is 11.0 Å². The van der Waals surface area contributed by atoms with E-state index in [1.807, 2.05) is 41.0 Å². The summed E-state index contributed by atoms with van der Waals surface area (Å²) in [4.78, 5) is 15.7. The number of carbonyl (C=O) groups excluding carboxylic acids is 1. The summed E-state index contributed by atoms with van der Waals surface area (Å²) in [6, 6.07) is 11.6. The predicted octanol–water partition coefficient (Wildman–Crippen LogP) is 2.93. The molecule has 0 saturated heterocycles. The van der Waals surface area contributed by atoms with Crippen molar-refractivity contribution in [2.24, 2.45) is 0 Å². The van der Waals surface area contributed by atoms with Gasteiger partial charge in [0.05, 0.1) is 5.75 Å². The fourth-order valence-electron chi connectivity index (χ4n) is 2.07. The van der Waals surface area contributed by atoms with E-state index in [9.17, 15) is 4.79 Å². The Morgan fingerprint density at radius 2 is 2.04 bits per heavy atom. The first-order valence-corrected chi connectivity index (χ1v) is 8.92. The van der Waals surface area contributed by atoms with Crippen molar-refractivity contribution in [1.82, 2.24) is 25.1 Å². The van der Waals surface area contributed by atoms with E-state index in [0.29, 0.717) is 11.0 Å². The average Bonchev–Trinajstić information content (AvgIpc) is 3.05. The zero-order valence-electron chi connectivity index (χ0n) is 12.8. The molecule has 0 aliphatic carbocycles. The Bertz CT molecular complexity index is 835. The highest BCUT2D eigenvalue weighted by molar-refractivity contribution is 9.10. The van der Waals surface area contributed by atoms with Gasteiger partial charge in [-0.15, -0.1) is 10.2 Å². The second kappa shape index (κ2) is 7.59. The lowest BCUT2D eigenvalue weighted by Gasteiger charge is -2.10. The van der Waals surface area contributed by atoms with Crippen molar-refractivity contribution in [2.45, 2.75) is 5.16 Å². The van der Waals surface area contributed by atoms with Crippen molar-refractivity contribution in [2.75, 3.05) is 12.8 Å². The summed E-state index contributed by atoms with van der Waals surface area (Å²) in [7, 11) is 1.61. The summed E-state index contributed by atoms with van der Waals surface area (Å²) < 4.78 is 2.92. The summed E-state index contributed by atoms with van der Waals surface area (Å²) in [6.45, 7) is 0. The maximum absolute atomic E-state index is 11.5. The van der Waals surface area contributed by atoms with Gasteiger partial charge in [-0.25, -0.2) is 0 Å². The Morgan fingerprint density at radius 3 is 2.71 bits per heavy atom. The lowest BCUT2D eigenvalue weighted by atomic mass is 10.2. The molecule has 1 aromatic carbocycles. The van der Waals surface area contributed by atoms with Gasteiger partial charge in [-0.1, -0.05) is 27.7 Å². The van der Waals surface area contributed by atoms with Gasteiger partial charge < -0.3 is 5.32 Å². The third-order valence-electron chi connectivity index (χ3n) is 3.25. The first-order chi connectivity index (χ1) is 11.7. The molecule has 0 saturated carbocycles. The van der Waals surface area contributed by atoms with E-state index in [1.54, 1.807) is 19.4 Å². The molecule has 122 valence electrons. The van der Waals surface area contributed by atoms with E-state index in [2.05, 4.69) is 36.4 Å². The van der Waals surface area contributed by atoms with Crippen LogP contribution >= 0.6 is 27.7 Å². The van der Waals surface area contributed by atoms with Crippen LogP contribution in [0.1, 0.15) is 0 Å². The van der Waals surface area contributed by atoms with Crippen LogP contribution in [0, 0.1) is 0 Å². The average molecular weight is 404 g/mol. The van der Waals surface area contributed by atoms with Crippen molar-refractivity contribution in [3.63, 3.8) is 0 Å². The van der Waals surface area contributed by atoms with Crippen molar-refractivity contribution < 1.29 is 4.79 Å². The van der Waals surface area contributed by atoms with E-state index in [-0.39, 0.29) is 11.7 Å². The smallest absolute Gasteiger partial charge is 0.230 e. The molecule has 2 aromatic heterocycles. The van der Waals surface area contributed by atoms with Crippen LogP contribution in [-0.2, 0) is 4.79 Å². The Kier molecular flexibility index (Phi) is 5.27. The Hall–Kier alpha value is -2.19. The summed E-state index contributed by atoms with van der Waals surface area (Å²) >= 11 is 4.78. The molecule has 0 unspecified atom stereocenters. The van der Waals surface area contributed by atoms with E-state index < -0.39 is 0 Å². The van der Waals surface area contributed by atoms with Crippen LogP contribution in [0.4, 0.5) is 0 Å². The number of nitrogens with one attached hydrogen (secondary N) is 1. The number of carbonyl (C=O) groups is 1. The fraction of sp³-hybridized carbons (Fsp3) is 0.125. The molecule has 0 aliphatic heterocycles. The minimum absolute atomic E-state index is 0.0618. The van der Waals surface area contributed by atoms with Gasteiger partial charge in [0.2, 0.25) is 5.91 Å². The van der Waals surface area contributed by atoms with Crippen molar-refractivity contribution in [3.05, 3.63) is 53.3 Å². The molecule has 0 bridgehead atoms. The number of pyridine rings is 1. The summed E-state index contributed by atoms with van der Waals surface area (Å²) in [5, 5.41) is 11.8. The molecule has 2 heterocycles. The third-order valence-corrected chi connectivity index (χ3v) is 4.71. The molecule has 1 N–H and O–H groups in total. The number of thioether (sulfide) groups is 1. The molecular formula is C16H14BrN5OS. The zero-order chi connectivity index (χ0) is 16.9. The van der Waals surface area contributed by atoms with Crippen LogP contribution < -0.4 is 5.32 Å². The second-order valence-corrected chi connectivity index (χ2v) is 6.68. The maximum atomic E-state index is 11.5. The molecule has 6 nitrogen and oxygen atoms in total. The van der Waals surface area contributed by atoms with Crippen molar-refractivity contribution in [1.29, 1.82) is 0 Å². The summed E-state index contributed by atoms with van der Waals surface area (Å²) in [6.07, 6.45) is 3.46. The van der Waals surface area contributed by atoms with E-state index in [1.165, 1.54) is 11.8 Å². The van der Waals surface area contributed by atoms with Gasteiger partial charge in [-0.3, -0.25) is 14.3 Å². The lowest BCUT2D eigenvalue weighted by molar-refractivity contribution is -0.118. The van der Waals surface area contributed by atoms with Crippen molar-refractivity contribution in [3.8, 4) is 17.1 Å². The van der Waals surface area contributed by atoms with Crippen LogP contribution in [-0.4, -0.2) is 38.5 Å². The predicted molar refractivity (Wildman–Crippen MR) is 97.1 cm³/mol. The number of hydrogen-bond acceptors (Lipinski definition) is 5.